The number of aromatic nitrogens is 2. The lowest BCUT2D eigenvalue weighted by molar-refractivity contribution is 0.660. The topological polar surface area (TPSA) is 38.9 Å². The molecule has 0 unspecified atom stereocenters. The molecule has 58 heavy (non-hydrogen) atoms. The lowest BCUT2D eigenvalue weighted by atomic mass is 9.80. The van der Waals surface area contributed by atoms with Crippen molar-refractivity contribution in [3.63, 3.8) is 0 Å². The largest absolute Gasteiger partial charge is 0.455 e. The average molecular weight is 741 g/mol. The van der Waals surface area contributed by atoms with Crippen molar-refractivity contribution in [2.24, 2.45) is 0 Å². The van der Waals surface area contributed by atoms with Crippen LogP contribution in [0.5, 0.6) is 0 Å². The van der Waals surface area contributed by atoms with E-state index in [4.69, 9.17) is 14.4 Å². The van der Waals surface area contributed by atoms with Gasteiger partial charge in [0.15, 0.2) is 0 Å². The van der Waals surface area contributed by atoms with E-state index in [1.54, 1.807) is 12.4 Å². The molecule has 0 N–H and O–H groups in total. The number of rotatable bonds is 4. The first-order valence-electron chi connectivity index (χ1n) is 20.0. The van der Waals surface area contributed by atoms with Gasteiger partial charge in [-0.1, -0.05) is 153 Å². The molecule has 0 amide bonds. The van der Waals surface area contributed by atoms with Crippen LogP contribution >= 0.6 is 0 Å². The van der Waals surface area contributed by atoms with Gasteiger partial charge in [0.05, 0.1) is 11.0 Å². The van der Waals surface area contributed by atoms with Crippen LogP contribution in [0, 0.1) is 0 Å². The van der Waals surface area contributed by atoms with E-state index in [0.29, 0.717) is 0 Å². The van der Waals surface area contributed by atoms with Gasteiger partial charge in [-0.3, -0.25) is 9.97 Å². The van der Waals surface area contributed by atoms with Gasteiger partial charge in [-0.15, -0.1) is 0 Å². The quantitative estimate of drug-likeness (QED) is 0.169. The third-order valence-corrected chi connectivity index (χ3v) is 12.6. The molecule has 3 nitrogen and oxygen atoms in total. The maximum atomic E-state index is 6.44. The van der Waals surface area contributed by atoms with Gasteiger partial charge in [0.2, 0.25) is 0 Å². The molecule has 0 bridgehead atoms. The lowest BCUT2D eigenvalue weighted by Crippen LogP contribution is -2.15. The van der Waals surface area contributed by atoms with E-state index in [1.165, 1.54) is 66.4 Å². The summed E-state index contributed by atoms with van der Waals surface area (Å²) in [6.07, 6.45) is 3.57. The number of fused-ring (bicyclic) bond motifs is 12. The van der Waals surface area contributed by atoms with E-state index in [9.17, 15) is 0 Å². The summed E-state index contributed by atoms with van der Waals surface area (Å²) in [5.41, 5.74) is 18.4. The fourth-order valence-corrected chi connectivity index (χ4v) is 9.60. The molecule has 2 aromatic heterocycles. The van der Waals surface area contributed by atoms with Gasteiger partial charge in [-0.25, -0.2) is 0 Å². The van der Waals surface area contributed by atoms with Crippen molar-refractivity contribution in [2.75, 3.05) is 0 Å². The van der Waals surface area contributed by atoms with Crippen LogP contribution in [-0.4, -0.2) is 9.97 Å². The SMILES string of the molecule is CC1(C)c2cc(-c3cccc(-c4ccc(-c5ccc6c7ccccc7c7nccnc7c6c5)cc4)c3)ccc2-c2ccc(-c3cccc4c3oc3ccccc34)cc21. The zero-order chi connectivity index (χ0) is 38.5. The Bertz CT molecular complexity index is 3450. The van der Waals surface area contributed by atoms with Gasteiger partial charge < -0.3 is 4.42 Å². The van der Waals surface area contributed by atoms with Crippen LogP contribution in [0.15, 0.2) is 187 Å². The van der Waals surface area contributed by atoms with Gasteiger partial charge in [-0.05, 0) is 102 Å². The molecule has 12 rings (SSSR count). The Morgan fingerprint density at radius 3 is 1.64 bits per heavy atom. The average Bonchev–Trinajstić information content (AvgIpc) is 3.78. The molecule has 9 aromatic carbocycles. The van der Waals surface area contributed by atoms with Crippen molar-refractivity contribution in [3.05, 3.63) is 193 Å². The fraction of sp³-hybridized carbons (Fsp3) is 0.0545. The third-order valence-electron chi connectivity index (χ3n) is 12.6. The first kappa shape index (κ1) is 32.8. The molecular formula is C55H36N2O. The third kappa shape index (κ3) is 4.86. The van der Waals surface area contributed by atoms with E-state index >= 15 is 0 Å². The molecular weight excluding hydrogens is 705 g/mol. The number of nitrogens with zero attached hydrogens (tertiary/aromatic N) is 2. The van der Waals surface area contributed by atoms with Gasteiger partial charge in [-0.2, -0.15) is 0 Å². The zero-order valence-corrected chi connectivity index (χ0v) is 32.1. The molecule has 1 aliphatic rings. The number of benzene rings is 9. The number of para-hydroxylation sites is 2. The summed E-state index contributed by atoms with van der Waals surface area (Å²) >= 11 is 0. The maximum Gasteiger partial charge on any atom is 0.143 e. The van der Waals surface area contributed by atoms with Crippen LogP contribution < -0.4 is 0 Å². The lowest BCUT2D eigenvalue weighted by Gasteiger charge is -2.22. The van der Waals surface area contributed by atoms with Crippen molar-refractivity contribution in [1.29, 1.82) is 0 Å². The Morgan fingerprint density at radius 1 is 0.362 bits per heavy atom. The van der Waals surface area contributed by atoms with Crippen molar-refractivity contribution in [3.8, 4) is 55.6 Å². The molecule has 1 aliphatic carbocycles. The highest BCUT2D eigenvalue weighted by molar-refractivity contribution is 6.23. The summed E-state index contributed by atoms with van der Waals surface area (Å²) in [6.45, 7) is 4.72. The van der Waals surface area contributed by atoms with Gasteiger partial charge >= 0.3 is 0 Å². The smallest absolute Gasteiger partial charge is 0.143 e. The second-order valence-electron chi connectivity index (χ2n) is 16.1. The zero-order valence-electron chi connectivity index (χ0n) is 32.1. The summed E-state index contributed by atoms with van der Waals surface area (Å²) < 4.78 is 6.44. The second-order valence-corrected chi connectivity index (χ2v) is 16.1. The van der Waals surface area contributed by atoms with Crippen molar-refractivity contribution in [2.45, 2.75) is 19.3 Å². The predicted octanol–water partition coefficient (Wildman–Crippen LogP) is 14.8. The minimum absolute atomic E-state index is 0.166. The van der Waals surface area contributed by atoms with Crippen LogP contribution in [-0.2, 0) is 5.41 Å². The van der Waals surface area contributed by atoms with E-state index in [-0.39, 0.29) is 5.41 Å². The van der Waals surface area contributed by atoms with Crippen molar-refractivity contribution in [1.82, 2.24) is 9.97 Å². The number of hydrogen-bond donors (Lipinski definition) is 0. The molecule has 0 fully saturated rings. The second kappa shape index (κ2) is 12.3. The minimum Gasteiger partial charge on any atom is -0.455 e. The Kier molecular flexibility index (Phi) is 6.98. The Morgan fingerprint density at radius 2 is 0.879 bits per heavy atom. The molecule has 0 atom stereocenters. The molecule has 0 saturated carbocycles. The molecule has 2 heterocycles. The summed E-state index contributed by atoms with van der Waals surface area (Å²) in [5, 5.41) is 6.96. The highest BCUT2D eigenvalue weighted by Gasteiger charge is 2.36. The maximum absolute atomic E-state index is 6.44. The van der Waals surface area contributed by atoms with E-state index in [1.807, 2.05) is 6.07 Å². The van der Waals surface area contributed by atoms with E-state index in [2.05, 4.69) is 178 Å². The summed E-state index contributed by atoms with van der Waals surface area (Å²) in [7, 11) is 0. The summed E-state index contributed by atoms with van der Waals surface area (Å²) in [5.74, 6) is 0. The Labute approximate surface area is 335 Å². The predicted molar refractivity (Wildman–Crippen MR) is 241 cm³/mol. The van der Waals surface area contributed by atoms with Crippen molar-refractivity contribution < 1.29 is 4.42 Å². The molecule has 272 valence electrons. The number of furan rings is 1. The van der Waals surface area contributed by atoms with E-state index < -0.39 is 0 Å². The molecule has 0 aliphatic heterocycles. The summed E-state index contributed by atoms with van der Waals surface area (Å²) in [6, 6.07) is 61.8. The van der Waals surface area contributed by atoms with Crippen LogP contribution in [0.25, 0.3) is 110 Å². The van der Waals surface area contributed by atoms with Gasteiger partial charge in [0.1, 0.15) is 11.2 Å². The van der Waals surface area contributed by atoms with Crippen LogP contribution in [0.2, 0.25) is 0 Å². The fourth-order valence-electron chi connectivity index (χ4n) is 9.60. The highest BCUT2D eigenvalue weighted by Crippen LogP contribution is 2.51. The molecule has 0 radical (unpaired) electrons. The number of hydrogen-bond acceptors (Lipinski definition) is 3. The minimum atomic E-state index is -0.166. The molecule has 0 saturated heterocycles. The summed E-state index contributed by atoms with van der Waals surface area (Å²) in [4.78, 5) is 9.51. The van der Waals surface area contributed by atoms with Gasteiger partial charge in [0.25, 0.3) is 0 Å². The van der Waals surface area contributed by atoms with Crippen LogP contribution in [0.3, 0.4) is 0 Å². The first-order valence-corrected chi connectivity index (χ1v) is 20.0. The highest BCUT2D eigenvalue weighted by atomic mass is 16.3. The Hall–Kier alpha value is -7.36. The van der Waals surface area contributed by atoms with Crippen LogP contribution in [0.1, 0.15) is 25.0 Å². The van der Waals surface area contributed by atoms with E-state index in [0.717, 1.165) is 54.9 Å². The molecule has 3 heteroatoms. The van der Waals surface area contributed by atoms with Gasteiger partial charge in [0, 0.05) is 44.9 Å². The molecule has 0 spiro atoms. The first-order chi connectivity index (χ1) is 28.5. The molecule has 11 aromatic rings. The van der Waals surface area contributed by atoms with Crippen molar-refractivity contribution >= 4 is 54.5 Å². The Balaban J connectivity index is 0.863. The normalized spacial score (nSPS) is 13.1. The van der Waals surface area contributed by atoms with Crippen LogP contribution in [0.4, 0.5) is 0 Å². The monoisotopic (exact) mass is 740 g/mol. The standard InChI is InChI=1S/C55H36N2O/c1-55(2)49-31-38(22-25-43(49)44-26-23-39(32-50(44)55)40-14-8-15-47-45-12-5-6-16-51(45)58-54(40)47)36-10-7-9-35(29-36)33-17-19-34(20-18-33)37-21-24-42-41-11-3-4-13-46(41)52-53(48(42)30-37)57-28-27-56-52/h3-32H,1-2H3.